The number of hydrogen-bond donors (Lipinski definition) is 0. The fourth-order valence-corrected chi connectivity index (χ4v) is 3.86. The van der Waals surface area contributed by atoms with Crippen LogP contribution in [-0.4, -0.2) is 50.9 Å². The van der Waals surface area contributed by atoms with Crippen molar-refractivity contribution in [3.05, 3.63) is 11.6 Å². The average Bonchev–Trinajstić information content (AvgIpc) is 3.16. The molecule has 1 aromatic heterocycles. The lowest BCUT2D eigenvalue weighted by Crippen LogP contribution is -2.46. The monoisotopic (exact) mass is 320 g/mol. The number of hydrogen-bond acceptors (Lipinski definition) is 4. The second-order valence-corrected chi connectivity index (χ2v) is 6.92. The summed E-state index contributed by atoms with van der Waals surface area (Å²) in [7, 11) is 0. The molecule has 1 saturated heterocycles. The number of likely N-dealkylation sites (tertiary alicyclic amines) is 1. The van der Waals surface area contributed by atoms with E-state index < -0.39 is 0 Å². The zero-order valence-electron chi connectivity index (χ0n) is 14.5. The number of aryl methyl sites for hydroxylation is 2. The van der Waals surface area contributed by atoms with Gasteiger partial charge in [-0.2, -0.15) is 5.10 Å². The number of rotatable bonds is 4. The van der Waals surface area contributed by atoms with Crippen LogP contribution in [0.1, 0.15) is 63.1 Å². The van der Waals surface area contributed by atoms with E-state index in [0.717, 1.165) is 43.9 Å². The molecule has 23 heavy (non-hydrogen) atoms. The number of nitrogens with zero attached hydrogens (tertiary/aromatic N) is 4. The van der Waals surface area contributed by atoms with E-state index in [0.29, 0.717) is 6.54 Å². The van der Waals surface area contributed by atoms with Gasteiger partial charge in [0.1, 0.15) is 17.8 Å². The molecule has 2 heterocycles. The highest BCUT2D eigenvalue weighted by Crippen LogP contribution is 2.25. The number of carbonyl (C=O) groups excluding carboxylic acids is 1. The predicted octanol–water partition coefficient (Wildman–Crippen LogP) is 2.41. The van der Waals surface area contributed by atoms with Gasteiger partial charge < -0.3 is 9.64 Å². The molecule has 1 aliphatic carbocycles. The van der Waals surface area contributed by atoms with Gasteiger partial charge >= 0.3 is 0 Å². The molecule has 3 rings (SSSR count). The van der Waals surface area contributed by atoms with Crippen molar-refractivity contribution in [3.63, 3.8) is 0 Å². The summed E-state index contributed by atoms with van der Waals surface area (Å²) in [5.41, 5.74) is 0. The molecule has 2 fully saturated rings. The van der Waals surface area contributed by atoms with Crippen LogP contribution in [0.5, 0.6) is 0 Å². The molecular formula is C17H28N4O2. The van der Waals surface area contributed by atoms with Crippen LogP contribution >= 0.6 is 0 Å². The highest BCUT2D eigenvalue weighted by molar-refractivity contribution is 5.80. The standard InChI is InChI=1S/C17H28N4O2/c1-12(23-16-8-4-5-9-16)17(22)20-10-6-7-15(11-20)21-14(3)18-13(2)19-21/h12,15-16H,4-11H2,1-3H3/t12-,15-/m1/s1. The quantitative estimate of drug-likeness (QED) is 0.855. The number of ether oxygens (including phenoxy) is 1. The summed E-state index contributed by atoms with van der Waals surface area (Å²) in [5, 5.41) is 4.49. The van der Waals surface area contributed by atoms with Gasteiger partial charge in [0.25, 0.3) is 5.91 Å². The molecule has 0 radical (unpaired) electrons. The summed E-state index contributed by atoms with van der Waals surface area (Å²) in [6, 6.07) is 0.229. The van der Waals surface area contributed by atoms with Crippen molar-refractivity contribution in [2.75, 3.05) is 13.1 Å². The summed E-state index contributed by atoms with van der Waals surface area (Å²) in [5.74, 6) is 1.84. The van der Waals surface area contributed by atoms with Crippen LogP contribution in [0, 0.1) is 13.8 Å². The largest absolute Gasteiger partial charge is 0.365 e. The van der Waals surface area contributed by atoms with Crippen molar-refractivity contribution >= 4 is 5.91 Å². The molecule has 0 bridgehead atoms. The third kappa shape index (κ3) is 3.74. The maximum absolute atomic E-state index is 12.7. The zero-order chi connectivity index (χ0) is 16.4. The highest BCUT2D eigenvalue weighted by atomic mass is 16.5. The van der Waals surface area contributed by atoms with E-state index in [1.165, 1.54) is 12.8 Å². The van der Waals surface area contributed by atoms with E-state index in [9.17, 15) is 4.79 Å². The molecule has 1 saturated carbocycles. The van der Waals surface area contributed by atoms with E-state index in [1.807, 2.05) is 30.4 Å². The lowest BCUT2D eigenvalue weighted by Gasteiger charge is -2.35. The van der Waals surface area contributed by atoms with Gasteiger partial charge in [-0.05, 0) is 46.5 Å². The van der Waals surface area contributed by atoms with Crippen molar-refractivity contribution in [2.45, 2.75) is 77.5 Å². The normalized spacial score (nSPS) is 24.1. The lowest BCUT2D eigenvalue weighted by atomic mass is 10.1. The van der Waals surface area contributed by atoms with Crippen LogP contribution in [0.4, 0.5) is 0 Å². The van der Waals surface area contributed by atoms with Crippen LogP contribution in [0.2, 0.25) is 0 Å². The fourth-order valence-electron chi connectivity index (χ4n) is 3.86. The van der Waals surface area contributed by atoms with E-state index in [1.54, 1.807) is 0 Å². The van der Waals surface area contributed by atoms with Gasteiger partial charge in [-0.25, -0.2) is 9.67 Å². The molecule has 1 aromatic rings. The Kier molecular flexibility index (Phi) is 4.99. The number of amides is 1. The number of carbonyl (C=O) groups is 1. The van der Waals surface area contributed by atoms with Gasteiger partial charge in [0.15, 0.2) is 0 Å². The highest BCUT2D eigenvalue weighted by Gasteiger charge is 2.30. The molecule has 0 spiro atoms. The zero-order valence-corrected chi connectivity index (χ0v) is 14.5. The summed E-state index contributed by atoms with van der Waals surface area (Å²) >= 11 is 0. The molecular weight excluding hydrogens is 292 g/mol. The first-order valence-corrected chi connectivity index (χ1v) is 8.88. The van der Waals surface area contributed by atoms with E-state index >= 15 is 0 Å². The van der Waals surface area contributed by atoms with Gasteiger partial charge in [-0.3, -0.25) is 4.79 Å². The Balaban J connectivity index is 1.61. The summed E-state index contributed by atoms with van der Waals surface area (Å²) in [6.45, 7) is 7.32. The molecule has 1 aliphatic heterocycles. The van der Waals surface area contributed by atoms with Gasteiger partial charge in [0.2, 0.25) is 0 Å². The summed E-state index contributed by atoms with van der Waals surface area (Å²) in [4.78, 5) is 19.0. The van der Waals surface area contributed by atoms with Crippen LogP contribution in [0.25, 0.3) is 0 Å². The smallest absolute Gasteiger partial charge is 0.251 e. The maximum Gasteiger partial charge on any atom is 0.251 e. The van der Waals surface area contributed by atoms with Crippen molar-refractivity contribution in [1.29, 1.82) is 0 Å². The van der Waals surface area contributed by atoms with Crippen LogP contribution in [-0.2, 0) is 9.53 Å². The van der Waals surface area contributed by atoms with Crippen molar-refractivity contribution in [1.82, 2.24) is 19.7 Å². The summed E-state index contributed by atoms with van der Waals surface area (Å²) < 4.78 is 7.95. The Morgan fingerprint density at radius 3 is 2.61 bits per heavy atom. The van der Waals surface area contributed by atoms with Gasteiger partial charge in [0, 0.05) is 13.1 Å². The fraction of sp³-hybridized carbons (Fsp3) is 0.824. The Morgan fingerprint density at radius 1 is 1.22 bits per heavy atom. The molecule has 6 heteroatoms. The molecule has 2 atom stereocenters. The van der Waals surface area contributed by atoms with E-state index in [-0.39, 0.29) is 24.2 Å². The Labute approximate surface area is 138 Å². The minimum absolute atomic E-state index is 0.121. The minimum Gasteiger partial charge on any atom is -0.365 e. The Hall–Kier alpha value is -1.43. The molecule has 6 nitrogen and oxygen atoms in total. The average molecular weight is 320 g/mol. The number of aromatic nitrogens is 3. The van der Waals surface area contributed by atoms with E-state index in [4.69, 9.17) is 4.74 Å². The first kappa shape index (κ1) is 16.4. The topological polar surface area (TPSA) is 60.2 Å². The van der Waals surface area contributed by atoms with E-state index in [2.05, 4.69) is 10.1 Å². The van der Waals surface area contributed by atoms with Crippen LogP contribution in [0.15, 0.2) is 0 Å². The molecule has 0 unspecified atom stereocenters. The lowest BCUT2D eigenvalue weighted by molar-refractivity contribution is -0.147. The third-order valence-electron chi connectivity index (χ3n) is 5.01. The van der Waals surface area contributed by atoms with Crippen molar-refractivity contribution in [2.24, 2.45) is 0 Å². The third-order valence-corrected chi connectivity index (χ3v) is 5.01. The second kappa shape index (κ2) is 6.99. The minimum atomic E-state index is -0.338. The number of piperidine rings is 1. The molecule has 0 N–H and O–H groups in total. The van der Waals surface area contributed by atoms with Crippen molar-refractivity contribution < 1.29 is 9.53 Å². The van der Waals surface area contributed by atoms with Gasteiger partial charge in [0.05, 0.1) is 12.1 Å². The first-order chi connectivity index (χ1) is 11.0. The van der Waals surface area contributed by atoms with Crippen LogP contribution < -0.4 is 0 Å². The molecule has 0 aromatic carbocycles. The Bertz CT molecular complexity index is 551. The SMILES string of the molecule is Cc1nc(C)n([C@@H]2CCCN(C(=O)[C@@H](C)OC3CCCC3)C2)n1. The first-order valence-electron chi connectivity index (χ1n) is 8.88. The molecule has 128 valence electrons. The maximum atomic E-state index is 12.7. The molecule has 2 aliphatic rings. The second-order valence-electron chi connectivity index (χ2n) is 6.92. The van der Waals surface area contributed by atoms with Gasteiger partial charge in [-0.15, -0.1) is 0 Å². The molecule has 1 amide bonds. The van der Waals surface area contributed by atoms with Crippen LogP contribution in [0.3, 0.4) is 0 Å². The Morgan fingerprint density at radius 2 is 1.96 bits per heavy atom. The van der Waals surface area contributed by atoms with Gasteiger partial charge in [-0.1, -0.05) is 12.8 Å². The summed E-state index contributed by atoms with van der Waals surface area (Å²) in [6.07, 6.45) is 6.63. The predicted molar refractivity (Wildman–Crippen MR) is 87.2 cm³/mol. The van der Waals surface area contributed by atoms with Crippen molar-refractivity contribution in [3.8, 4) is 0 Å².